The van der Waals surface area contributed by atoms with Crippen LogP contribution in [0.25, 0.3) is 0 Å². The highest BCUT2D eigenvalue weighted by molar-refractivity contribution is 5.95. The van der Waals surface area contributed by atoms with Crippen molar-refractivity contribution in [3.8, 4) is 11.5 Å². The van der Waals surface area contributed by atoms with Crippen LogP contribution in [0.2, 0.25) is 0 Å². The van der Waals surface area contributed by atoms with E-state index in [1.54, 1.807) is 19.2 Å². The van der Waals surface area contributed by atoms with Gasteiger partial charge < -0.3 is 20.8 Å². The monoisotopic (exact) mass is 237 g/mol. The zero-order valence-corrected chi connectivity index (χ0v) is 9.33. The van der Waals surface area contributed by atoms with Gasteiger partial charge in [0, 0.05) is 19.2 Å². The third-order valence-corrected chi connectivity index (χ3v) is 2.05. The minimum Gasteiger partial charge on any atom is -0.504 e. The maximum atomic E-state index is 9.50. The topological polar surface area (TPSA) is 124 Å². The van der Waals surface area contributed by atoms with Crippen LogP contribution in [0, 0.1) is 10.8 Å². The Hall–Kier alpha value is -2.44. The number of benzene rings is 1. The van der Waals surface area contributed by atoms with E-state index in [1.807, 2.05) is 0 Å². The molecule has 0 heterocycles. The smallest absolute Gasteiger partial charge is 0.195 e. The molecule has 7 heteroatoms. The molecule has 92 valence electrons. The lowest BCUT2D eigenvalue weighted by molar-refractivity contribution is 0.399. The van der Waals surface area contributed by atoms with E-state index in [1.165, 1.54) is 6.07 Å². The summed E-state index contributed by atoms with van der Waals surface area (Å²) in [6, 6.07) is 4.59. The highest BCUT2D eigenvalue weighted by Crippen LogP contribution is 2.27. The Bertz CT molecular complexity index is 433. The molecule has 0 aliphatic carbocycles. The fourth-order valence-electron chi connectivity index (χ4n) is 1.14. The van der Waals surface area contributed by atoms with Crippen molar-refractivity contribution in [3.63, 3.8) is 0 Å². The number of aromatic hydroxyl groups is 2. The van der Waals surface area contributed by atoms with Gasteiger partial charge >= 0.3 is 0 Å². The fourth-order valence-corrected chi connectivity index (χ4v) is 1.14. The summed E-state index contributed by atoms with van der Waals surface area (Å²) in [4.78, 5) is 0. The average molecular weight is 237 g/mol. The Morgan fingerprint density at radius 3 is 2.59 bits per heavy atom. The van der Waals surface area contributed by atoms with E-state index in [0.29, 0.717) is 5.56 Å². The van der Waals surface area contributed by atoms with E-state index in [2.05, 4.69) is 16.0 Å². The zero-order chi connectivity index (χ0) is 12.8. The number of nitrogens with one attached hydrogen (secondary N) is 5. The van der Waals surface area contributed by atoms with E-state index >= 15 is 0 Å². The van der Waals surface area contributed by atoms with Gasteiger partial charge in [-0.05, 0) is 6.07 Å². The number of phenols is 2. The van der Waals surface area contributed by atoms with Gasteiger partial charge in [-0.25, -0.2) is 0 Å². The average Bonchev–Trinajstić information content (AvgIpc) is 2.31. The highest BCUT2D eigenvalue weighted by Gasteiger charge is 2.06. The Labute approximate surface area is 98.5 Å². The molecule has 0 bridgehead atoms. The predicted molar refractivity (Wildman–Crippen MR) is 64.3 cm³/mol. The van der Waals surface area contributed by atoms with Gasteiger partial charge in [-0.3, -0.25) is 16.1 Å². The Morgan fingerprint density at radius 2 is 1.94 bits per heavy atom. The summed E-state index contributed by atoms with van der Waals surface area (Å²) in [6.07, 6.45) is 0. The molecule has 0 fully saturated rings. The molecule has 17 heavy (non-hydrogen) atoms. The number of rotatable bonds is 2. The first-order valence-corrected chi connectivity index (χ1v) is 4.90. The van der Waals surface area contributed by atoms with E-state index in [0.717, 1.165) is 0 Å². The molecule has 1 aromatic carbocycles. The van der Waals surface area contributed by atoms with Gasteiger partial charge in [-0.1, -0.05) is 12.1 Å². The van der Waals surface area contributed by atoms with Crippen LogP contribution in [0.4, 0.5) is 0 Å². The van der Waals surface area contributed by atoms with Crippen molar-refractivity contribution in [2.75, 3.05) is 7.05 Å². The molecular formula is C10H15N5O2. The molecule has 0 radical (unpaired) electrons. The van der Waals surface area contributed by atoms with Gasteiger partial charge in [0.1, 0.15) is 0 Å². The fraction of sp³-hybridized carbons (Fsp3) is 0.200. The summed E-state index contributed by atoms with van der Waals surface area (Å²) >= 11 is 0. The van der Waals surface area contributed by atoms with Crippen LogP contribution < -0.4 is 16.0 Å². The van der Waals surface area contributed by atoms with E-state index < -0.39 is 0 Å². The first-order chi connectivity index (χ1) is 8.04. The lowest BCUT2D eigenvalue weighted by Gasteiger charge is -2.11. The van der Waals surface area contributed by atoms with Crippen molar-refractivity contribution in [2.45, 2.75) is 6.54 Å². The minimum atomic E-state index is -0.212. The molecule has 1 aromatic rings. The van der Waals surface area contributed by atoms with E-state index in [9.17, 15) is 10.2 Å². The molecule has 0 unspecified atom stereocenters. The van der Waals surface area contributed by atoms with Crippen LogP contribution in [0.5, 0.6) is 11.5 Å². The third kappa shape index (κ3) is 3.56. The van der Waals surface area contributed by atoms with E-state index in [-0.39, 0.29) is 30.0 Å². The quantitative estimate of drug-likeness (QED) is 0.219. The highest BCUT2D eigenvalue weighted by atomic mass is 16.3. The maximum absolute atomic E-state index is 9.50. The van der Waals surface area contributed by atoms with Crippen molar-refractivity contribution in [1.29, 1.82) is 10.8 Å². The second-order valence-electron chi connectivity index (χ2n) is 3.26. The summed E-state index contributed by atoms with van der Waals surface area (Å²) in [5.41, 5.74) is 0.465. The van der Waals surface area contributed by atoms with Crippen molar-refractivity contribution < 1.29 is 10.2 Å². The summed E-state index contributed by atoms with van der Waals surface area (Å²) < 4.78 is 0. The van der Waals surface area contributed by atoms with Gasteiger partial charge in [0.2, 0.25) is 0 Å². The van der Waals surface area contributed by atoms with Crippen LogP contribution in [0.15, 0.2) is 18.2 Å². The molecule has 0 amide bonds. The normalized spacial score (nSPS) is 9.47. The maximum Gasteiger partial charge on any atom is 0.195 e. The van der Waals surface area contributed by atoms with Crippen LogP contribution in [-0.2, 0) is 6.54 Å². The molecule has 0 aromatic heterocycles. The van der Waals surface area contributed by atoms with Gasteiger partial charge in [-0.2, -0.15) is 0 Å². The third-order valence-electron chi connectivity index (χ3n) is 2.05. The number of para-hydroxylation sites is 1. The minimum absolute atomic E-state index is 0.0115. The lowest BCUT2D eigenvalue weighted by atomic mass is 10.2. The molecule has 0 aliphatic heterocycles. The molecule has 7 nitrogen and oxygen atoms in total. The summed E-state index contributed by atoms with van der Waals surface area (Å²) in [5.74, 6) is -0.502. The number of guanidine groups is 2. The number of phenolic OH excluding ortho intramolecular Hbond substituents is 2. The Kier molecular flexibility index (Phi) is 4.15. The first-order valence-electron chi connectivity index (χ1n) is 4.90. The summed E-state index contributed by atoms with van der Waals surface area (Å²) in [6.45, 7) is 0.170. The van der Waals surface area contributed by atoms with Crippen LogP contribution in [0.1, 0.15) is 5.56 Å². The van der Waals surface area contributed by atoms with Gasteiger partial charge in [0.15, 0.2) is 23.4 Å². The second-order valence-corrected chi connectivity index (χ2v) is 3.26. The molecule has 0 saturated heterocycles. The molecular weight excluding hydrogens is 222 g/mol. The van der Waals surface area contributed by atoms with Crippen LogP contribution in [0.3, 0.4) is 0 Å². The molecule has 7 N–H and O–H groups in total. The van der Waals surface area contributed by atoms with Gasteiger partial charge in [0.05, 0.1) is 0 Å². The van der Waals surface area contributed by atoms with Gasteiger partial charge in [-0.15, -0.1) is 0 Å². The van der Waals surface area contributed by atoms with Crippen molar-refractivity contribution in [1.82, 2.24) is 16.0 Å². The SMILES string of the molecule is CNC(=N)NC(=N)NCc1cccc(O)c1O. The van der Waals surface area contributed by atoms with Crippen molar-refractivity contribution in [2.24, 2.45) is 0 Å². The predicted octanol–water partition coefficient (Wildman–Crippen LogP) is -0.134. The molecule has 0 aliphatic rings. The molecule has 0 saturated carbocycles. The van der Waals surface area contributed by atoms with Crippen LogP contribution >= 0.6 is 0 Å². The molecule has 0 atom stereocenters. The number of hydrogen-bond acceptors (Lipinski definition) is 4. The molecule has 1 rings (SSSR count). The first kappa shape index (κ1) is 12.6. The van der Waals surface area contributed by atoms with Crippen molar-refractivity contribution >= 4 is 11.9 Å². The summed E-state index contributed by atoms with van der Waals surface area (Å²) in [7, 11) is 1.56. The zero-order valence-electron chi connectivity index (χ0n) is 9.33. The summed E-state index contributed by atoms with van der Waals surface area (Å²) in [5, 5.41) is 41.0. The number of hydrogen-bond donors (Lipinski definition) is 7. The van der Waals surface area contributed by atoms with Gasteiger partial charge in [0.25, 0.3) is 0 Å². The van der Waals surface area contributed by atoms with Crippen molar-refractivity contribution in [3.05, 3.63) is 23.8 Å². The largest absolute Gasteiger partial charge is 0.504 e. The Balaban J connectivity index is 2.53. The van der Waals surface area contributed by atoms with E-state index in [4.69, 9.17) is 10.8 Å². The standard InChI is InChI=1S/C10H15N5O2/c1-13-9(11)15-10(12)14-5-6-3-2-4-7(16)8(6)17/h2-4,16-17H,5H2,1H3,(H5,11,12,13,14,15). The second kappa shape index (κ2) is 5.59. The van der Waals surface area contributed by atoms with Crippen LogP contribution in [-0.4, -0.2) is 29.2 Å². The molecule has 0 spiro atoms. The Morgan fingerprint density at radius 1 is 1.24 bits per heavy atom. The lowest BCUT2D eigenvalue weighted by Crippen LogP contribution is -2.44.